The van der Waals surface area contributed by atoms with Crippen molar-refractivity contribution < 1.29 is 4.74 Å². The van der Waals surface area contributed by atoms with Crippen molar-refractivity contribution in [1.82, 2.24) is 16.2 Å². The molecule has 1 saturated heterocycles. The summed E-state index contributed by atoms with van der Waals surface area (Å²) in [4.78, 5) is 0. The van der Waals surface area contributed by atoms with Crippen molar-refractivity contribution in [2.45, 2.75) is 39.5 Å². The van der Waals surface area contributed by atoms with E-state index in [-0.39, 0.29) is 6.10 Å². The fourth-order valence-corrected chi connectivity index (χ4v) is 2.25. The number of ether oxygens (including phenoxy) is 1. The summed E-state index contributed by atoms with van der Waals surface area (Å²) in [6, 6.07) is 8.86. The SMILES string of the molecule is CC(C)Oc1ccc(CNCC2CNNC2C)cc1. The number of nitrogens with one attached hydrogen (secondary N) is 3. The number of hydrazine groups is 1. The molecule has 1 aliphatic rings. The molecule has 0 aromatic heterocycles. The summed E-state index contributed by atoms with van der Waals surface area (Å²) < 4.78 is 5.63. The topological polar surface area (TPSA) is 45.3 Å². The Bertz CT molecular complexity index is 377. The fraction of sp³-hybridized carbons (Fsp3) is 0.600. The van der Waals surface area contributed by atoms with Gasteiger partial charge in [-0.1, -0.05) is 12.1 Å². The van der Waals surface area contributed by atoms with Crippen molar-refractivity contribution in [2.75, 3.05) is 13.1 Å². The van der Waals surface area contributed by atoms with Crippen LogP contribution in [-0.2, 0) is 6.54 Å². The molecule has 0 radical (unpaired) electrons. The molecule has 0 bridgehead atoms. The van der Waals surface area contributed by atoms with Crippen molar-refractivity contribution in [3.05, 3.63) is 29.8 Å². The van der Waals surface area contributed by atoms with Gasteiger partial charge in [-0.15, -0.1) is 0 Å². The standard InChI is InChI=1S/C15H25N3O/c1-11(2)19-15-6-4-13(5-7-15)8-16-9-14-10-17-18-12(14)3/h4-7,11-12,14,16-18H,8-10H2,1-3H3. The highest BCUT2D eigenvalue weighted by Gasteiger charge is 2.21. The second kappa shape index (κ2) is 6.89. The smallest absolute Gasteiger partial charge is 0.119 e. The summed E-state index contributed by atoms with van der Waals surface area (Å²) >= 11 is 0. The van der Waals surface area contributed by atoms with Gasteiger partial charge in [-0.25, -0.2) is 0 Å². The third kappa shape index (κ3) is 4.49. The van der Waals surface area contributed by atoms with Gasteiger partial charge in [0, 0.05) is 31.6 Å². The highest BCUT2D eigenvalue weighted by molar-refractivity contribution is 5.27. The predicted octanol–water partition coefficient (Wildman–Crippen LogP) is 1.68. The first-order valence-electron chi connectivity index (χ1n) is 7.10. The fourth-order valence-electron chi connectivity index (χ4n) is 2.25. The van der Waals surface area contributed by atoms with Gasteiger partial charge in [-0.05, 0) is 38.5 Å². The van der Waals surface area contributed by atoms with Crippen LogP contribution in [0.3, 0.4) is 0 Å². The van der Waals surface area contributed by atoms with Crippen LogP contribution in [0.15, 0.2) is 24.3 Å². The van der Waals surface area contributed by atoms with Crippen LogP contribution in [0, 0.1) is 5.92 Å². The largest absolute Gasteiger partial charge is 0.491 e. The van der Waals surface area contributed by atoms with E-state index in [0.29, 0.717) is 12.0 Å². The van der Waals surface area contributed by atoms with E-state index in [1.807, 2.05) is 26.0 Å². The van der Waals surface area contributed by atoms with Gasteiger partial charge in [-0.3, -0.25) is 10.9 Å². The Balaban J connectivity index is 1.73. The van der Waals surface area contributed by atoms with Gasteiger partial charge in [0.25, 0.3) is 0 Å². The van der Waals surface area contributed by atoms with E-state index in [1.165, 1.54) is 5.56 Å². The summed E-state index contributed by atoms with van der Waals surface area (Å²) in [5.41, 5.74) is 7.72. The van der Waals surface area contributed by atoms with Crippen LogP contribution in [-0.4, -0.2) is 25.2 Å². The van der Waals surface area contributed by atoms with Crippen LogP contribution < -0.4 is 20.9 Å². The van der Waals surface area contributed by atoms with Crippen LogP contribution in [0.2, 0.25) is 0 Å². The van der Waals surface area contributed by atoms with E-state index in [9.17, 15) is 0 Å². The molecule has 1 aliphatic heterocycles. The van der Waals surface area contributed by atoms with Crippen molar-refractivity contribution >= 4 is 0 Å². The number of hydrogen-bond donors (Lipinski definition) is 3. The minimum atomic E-state index is 0.229. The van der Waals surface area contributed by atoms with E-state index < -0.39 is 0 Å². The second-order valence-corrected chi connectivity index (χ2v) is 5.52. The maximum absolute atomic E-state index is 5.63. The molecule has 2 rings (SSSR count). The molecule has 1 heterocycles. The summed E-state index contributed by atoms with van der Waals surface area (Å²) in [6.07, 6.45) is 0.229. The zero-order valence-corrected chi connectivity index (χ0v) is 12.1. The van der Waals surface area contributed by atoms with Gasteiger partial charge in [0.05, 0.1) is 6.10 Å². The Labute approximate surface area is 115 Å². The van der Waals surface area contributed by atoms with Crippen molar-refractivity contribution in [3.8, 4) is 5.75 Å². The van der Waals surface area contributed by atoms with Crippen molar-refractivity contribution in [1.29, 1.82) is 0 Å². The van der Waals surface area contributed by atoms with Crippen LogP contribution in [0.25, 0.3) is 0 Å². The summed E-state index contributed by atoms with van der Waals surface area (Å²) in [5.74, 6) is 1.60. The molecular weight excluding hydrogens is 238 g/mol. The average molecular weight is 263 g/mol. The quantitative estimate of drug-likeness (QED) is 0.731. The zero-order chi connectivity index (χ0) is 13.7. The second-order valence-electron chi connectivity index (χ2n) is 5.52. The number of benzene rings is 1. The molecule has 0 amide bonds. The molecule has 4 heteroatoms. The lowest BCUT2D eigenvalue weighted by molar-refractivity contribution is 0.242. The Morgan fingerprint density at radius 2 is 2.05 bits per heavy atom. The lowest BCUT2D eigenvalue weighted by Gasteiger charge is -2.15. The minimum Gasteiger partial charge on any atom is -0.491 e. The van der Waals surface area contributed by atoms with Gasteiger partial charge in [0.1, 0.15) is 5.75 Å². The molecule has 0 spiro atoms. The Kier molecular flexibility index (Phi) is 5.19. The predicted molar refractivity (Wildman–Crippen MR) is 78.0 cm³/mol. The van der Waals surface area contributed by atoms with E-state index in [2.05, 4.69) is 35.2 Å². The van der Waals surface area contributed by atoms with E-state index >= 15 is 0 Å². The van der Waals surface area contributed by atoms with Crippen LogP contribution in [0.4, 0.5) is 0 Å². The molecule has 4 nitrogen and oxygen atoms in total. The lowest BCUT2D eigenvalue weighted by atomic mass is 10.0. The zero-order valence-electron chi connectivity index (χ0n) is 12.1. The molecule has 0 saturated carbocycles. The first-order chi connectivity index (χ1) is 9.15. The molecule has 0 aliphatic carbocycles. The van der Waals surface area contributed by atoms with Crippen molar-refractivity contribution in [3.63, 3.8) is 0 Å². The third-order valence-corrected chi connectivity index (χ3v) is 3.43. The van der Waals surface area contributed by atoms with Crippen molar-refractivity contribution in [2.24, 2.45) is 5.92 Å². The number of rotatable bonds is 6. The molecule has 19 heavy (non-hydrogen) atoms. The van der Waals surface area contributed by atoms with E-state index in [4.69, 9.17) is 4.74 Å². The van der Waals surface area contributed by atoms with Crippen LogP contribution in [0.5, 0.6) is 5.75 Å². The highest BCUT2D eigenvalue weighted by atomic mass is 16.5. The maximum atomic E-state index is 5.63. The lowest BCUT2D eigenvalue weighted by Crippen LogP contribution is -2.32. The first-order valence-corrected chi connectivity index (χ1v) is 7.10. The summed E-state index contributed by atoms with van der Waals surface area (Å²) in [5, 5.41) is 3.51. The maximum Gasteiger partial charge on any atom is 0.119 e. The molecule has 106 valence electrons. The van der Waals surface area contributed by atoms with Gasteiger partial charge in [-0.2, -0.15) is 0 Å². The monoisotopic (exact) mass is 263 g/mol. The number of hydrogen-bond acceptors (Lipinski definition) is 4. The van der Waals surface area contributed by atoms with Gasteiger partial charge >= 0.3 is 0 Å². The highest BCUT2D eigenvalue weighted by Crippen LogP contribution is 2.14. The molecule has 1 fully saturated rings. The molecule has 3 N–H and O–H groups in total. The molecular formula is C15H25N3O. The minimum absolute atomic E-state index is 0.229. The Morgan fingerprint density at radius 3 is 2.63 bits per heavy atom. The van der Waals surface area contributed by atoms with Gasteiger partial charge in [0.2, 0.25) is 0 Å². The first kappa shape index (κ1) is 14.3. The van der Waals surface area contributed by atoms with E-state index in [0.717, 1.165) is 25.4 Å². The van der Waals surface area contributed by atoms with Crippen LogP contribution >= 0.6 is 0 Å². The molecule has 1 aromatic rings. The van der Waals surface area contributed by atoms with E-state index in [1.54, 1.807) is 0 Å². The van der Waals surface area contributed by atoms with Gasteiger partial charge < -0.3 is 10.1 Å². The molecule has 2 atom stereocenters. The van der Waals surface area contributed by atoms with Crippen LogP contribution in [0.1, 0.15) is 26.3 Å². The normalized spacial score (nSPS) is 22.9. The summed E-state index contributed by atoms with van der Waals surface area (Å²) in [6.45, 7) is 9.27. The molecule has 2 unspecified atom stereocenters. The van der Waals surface area contributed by atoms with Gasteiger partial charge in [0.15, 0.2) is 0 Å². The average Bonchev–Trinajstić information content (AvgIpc) is 2.77. The Hall–Kier alpha value is -1.10. The Morgan fingerprint density at radius 1 is 1.32 bits per heavy atom. The summed E-state index contributed by atoms with van der Waals surface area (Å²) in [7, 11) is 0. The third-order valence-electron chi connectivity index (χ3n) is 3.43. The molecule has 1 aromatic carbocycles.